The summed E-state index contributed by atoms with van der Waals surface area (Å²) in [6.45, 7) is 0.515. The van der Waals surface area contributed by atoms with Gasteiger partial charge in [-0.3, -0.25) is 9.20 Å². The van der Waals surface area contributed by atoms with Crippen LogP contribution < -0.4 is 14.8 Å². The van der Waals surface area contributed by atoms with Crippen molar-refractivity contribution in [2.45, 2.75) is 18.9 Å². The maximum absolute atomic E-state index is 11.8. The van der Waals surface area contributed by atoms with Gasteiger partial charge in [0.05, 0.1) is 27.2 Å². The predicted octanol–water partition coefficient (Wildman–Crippen LogP) is 3.40. The minimum absolute atomic E-state index is 0.0539. The molecule has 4 rings (SSSR count). The summed E-state index contributed by atoms with van der Waals surface area (Å²) >= 11 is 3.54. The Morgan fingerprint density at radius 3 is 2.86 bits per heavy atom. The van der Waals surface area contributed by atoms with Gasteiger partial charge < -0.3 is 19.5 Å². The van der Waals surface area contributed by atoms with Gasteiger partial charge in [-0.25, -0.2) is 9.97 Å². The van der Waals surface area contributed by atoms with Crippen LogP contribution in [0.15, 0.2) is 35.2 Å². The van der Waals surface area contributed by atoms with Crippen molar-refractivity contribution >= 4 is 33.2 Å². The molecule has 3 aromatic rings. The third kappa shape index (κ3) is 3.62. The summed E-state index contributed by atoms with van der Waals surface area (Å²) in [4.78, 5) is 20.9. The Hall–Kier alpha value is -2.81. The number of benzene rings is 1. The lowest BCUT2D eigenvalue weighted by Crippen LogP contribution is -2.07. The summed E-state index contributed by atoms with van der Waals surface area (Å²) in [5.74, 6) is 2.71. The van der Waals surface area contributed by atoms with E-state index in [4.69, 9.17) is 14.2 Å². The summed E-state index contributed by atoms with van der Waals surface area (Å²) in [5, 5.41) is 3.36. The Morgan fingerprint density at radius 1 is 1.31 bits per heavy atom. The minimum atomic E-state index is -0.193. The molecule has 0 amide bonds. The maximum Gasteiger partial charge on any atom is 0.309 e. The summed E-state index contributed by atoms with van der Waals surface area (Å²) < 4.78 is 18.2. The number of nitrogens with one attached hydrogen (secondary N) is 1. The zero-order chi connectivity index (χ0) is 20.5. The Kier molecular flexibility index (Phi) is 5.31. The first-order chi connectivity index (χ1) is 14.1. The molecule has 29 heavy (non-hydrogen) atoms. The van der Waals surface area contributed by atoms with Gasteiger partial charge in [0.15, 0.2) is 5.82 Å². The number of nitrogens with zero attached hydrogens (tertiary/aromatic N) is 3. The number of rotatable bonds is 7. The molecule has 9 heteroatoms. The van der Waals surface area contributed by atoms with Crippen molar-refractivity contribution in [3.05, 3.63) is 46.6 Å². The van der Waals surface area contributed by atoms with E-state index in [-0.39, 0.29) is 17.8 Å². The Balaban J connectivity index is 1.60. The van der Waals surface area contributed by atoms with E-state index in [0.717, 1.165) is 34.8 Å². The highest BCUT2D eigenvalue weighted by atomic mass is 79.9. The molecule has 2 aromatic heterocycles. The highest BCUT2D eigenvalue weighted by Gasteiger charge is 2.47. The largest absolute Gasteiger partial charge is 0.497 e. The van der Waals surface area contributed by atoms with E-state index < -0.39 is 0 Å². The fourth-order valence-corrected chi connectivity index (χ4v) is 4.04. The van der Waals surface area contributed by atoms with Gasteiger partial charge in [-0.1, -0.05) is 0 Å². The number of aromatic nitrogens is 3. The molecule has 0 aliphatic heterocycles. The van der Waals surface area contributed by atoms with E-state index in [1.54, 1.807) is 20.4 Å². The van der Waals surface area contributed by atoms with Crippen LogP contribution in [0.1, 0.15) is 23.7 Å². The fraction of sp³-hybridized carbons (Fsp3) is 0.350. The van der Waals surface area contributed by atoms with Crippen LogP contribution in [0.5, 0.6) is 11.5 Å². The average Bonchev–Trinajstić information content (AvgIpc) is 3.48. The number of anilines is 1. The third-order valence-corrected chi connectivity index (χ3v) is 5.66. The van der Waals surface area contributed by atoms with Gasteiger partial charge in [-0.2, -0.15) is 0 Å². The molecule has 1 aromatic carbocycles. The minimum Gasteiger partial charge on any atom is -0.497 e. The molecule has 0 spiro atoms. The molecule has 1 aliphatic rings. The number of carbonyl (C=O) groups is 1. The number of carbonyl (C=O) groups excluding carboxylic acids is 1. The number of halogens is 1. The molecule has 2 heterocycles. The van der Waals surface area contributed by atoms with E-state index in [2.05, 4.69) is 31.2 Å². The SMILES string of the molecule is COC(=O)[C@H]1C[C@H]1c1nc(Br)c2c(NCc3ccc(OC)cc3OC)nccn12. The van der Waals surface area contributed by atoms with Crippen molar-refractivity contribution in [2.24, 2.45) is 5.92 Å². The molecular weight excluding hydrogens is 440 g/mol. The molecule has 152 valence electrons. The maximum atomic E-state index is 11.8. The smallest absolute Gasteiger partial charge is 0.309 e. The zero-order valence-electron chi connectivity index (χ0n) is 16.3. The fourth-order valence-electron chi connectivity index (χ4n) is 3.48. The van der Waals surface area contributed by atoms with Gasteiger partial charge in [-0.05, 0) is 34.5 Å². The van der Waals surface area contributed by atoms with Gasteiger partial charge in [-0.15, -0.1) is 0 Å². The van der Waals surface area contributed by atoms with E-state index in [1.165, 1.54) is 7.11 Å². The second kappa shape index (κ2) is 7.90. The van der Waals surface area contributed by atoms with Gasteiger partial charge in [0.1, 0.15) is 27.4 Å². The molecule has 8 nitrogen and oxygen atoms in total. The lowest BCUT2D eigenvalue weighted by molar-refractivity contribution is -0.142. The predicted molar refractivity (Wildman–Crippen MR) is 110 cm³/mol. The summed E-state index contributed by atoms with van der Waals surface area (Å²) in [5.41, 5.74) is 1.80. The molecule has 1 aliphatic carbocycles. The van der Waals surface area contributed by atoms with Gasteiger partial charge in [0.2, 0.25) is 0 Å². The van der Waals surface area contributed by atoms with E-state index >= 15 is 0 Å². The van der Waals surface area contributed by atoms with Crippen molar-refractivity contribution in [3.8, 4) is 11.5 Å². The molecule has 1 N–H and O–H groups in total. The summed E-state index contributed by atoms with van der Waals surface area (Å²) in [6, 6.07) is 5.69. The number of fused-ring (bicyclic) bond motifs is 1. The standard InChI is InChI=1S/C20H21BrN4O4/c1-27-12-5-4-11(15(8-12)28-2)10-23-18-16-17(21)24-19(25(16)7-6-22-18)13-9-14(13)20(26)29-3/h4-8,13-14H,9-10H2,1-3H3,(H,22,23)/t13-,14+/m1/s1. The highest BCUT2D eigenvalue weighted by molar-refractivity contribution is 9.10. The van der Waals surface area contributed by atoms with Crippen LogP contribution in [0.2, 0.25) is 0 Å². The van der Waals surface area contributed by atoms with Crippen molar-refractivity contribution in [2.75, 3.05) is 26.6 Å². The number of methoxy groups -OCH3 is 3. The summed E-state index contributed by atoms with van der Waals surface area (Å²) in [6.07, 6.45) is 4.31. The van der Waals surface area contributed by atoms with E-state index in [0.29, 0.717) is 17.0 Å². The first-order valence-corrected chi connectivity index (χ1v) is 9.91. The van der Waals surface area contributed by atoms with E-state index in [1.807, 2.05) is 28.8 Å². The Morgan fingerprint density at radius 2 is 2.14 bits per heavy atom. The lowest BCUT2D eigenvalue weighted by Gasteiger charge is -2.12. The molecule has 2 atom stereocenters. The first-order valence-electron chi connectivity index (χ1n) is 9.12. The van der Waals surface area contributed by atoms with Gasteiger partial charge in [0.25, 0.3) is 0 Å². The highest BCUT2D eigenvalue weighted by Crippen LogP contribution is 2.48. The average molecular weight is 461 g/mol. The van der Waals surface area contributed by atoms with E-state index in [9.17, 15) is 4.79 Å². The molecule has 1 saturated carbocycles. The molecule has 0 unspecified atom stereocenters. The quantitative estimate of drug-likeness (QED) is 0.540. The van der Waals surface area contributed by atoms with Crippen LogP contribution in [-0.2, 0) is 16.1 Å². The van der Waals surface area contributed by atoms with Crippen LogP contribution >= 0.6 is 15.9 Å². The lowest BCUT2D eigenvalue weighted by atomic mass is 10.2. The molecule has 0 bridgehead atoms. The van der Waals surface area contributed by atoms with Crippen molar-refractivity contribution in [3.63, 3.8) is 0 Å². The van der Waals surface area contributed by atoms with Crippen LogP contribution in [0.25, 0.3) is 5.52 Å². The summed E-state index contributed by atoms with van der Waals surface area (Å²) in [7, 11) is 4.66. The van der Waals surface area contributed by atoms with Crippen molar-refractivity contribution in [1.29, 1.82) is 0 Å². The molecule has 1 fully saturated rings. The third-order valence-electron chi connectivity index (χ3n) is 5.11. The number of esters is 1. The number of hydrogen-bond acceptors (Lipinski definition) is 7. The van der Waals surface area contributed by atoms with Crippen LogP contribution in [-0.4, -0.2) is 41.7 Å². The number of ether oxygens (including phenoxy) is 3. The monoisotopic (exact) mass is 460 g/mol. The normalized spacial score (nSPS) is 17.8. The first kappa shape index (κ1) is 19.5. The molecule has 0 saturated heterocycles. The number of imidazole rings is 1. The van der Waals surface area contributed by atoms with Gasteiger partial charge >= 0.3 is 5.97 Å². The molecule has 0 radical (unpaired) electrons. The topological polar surface area (TPSA) is 87.0 Å². The van der Waals surface area contributed by atoms with Crippen molar-refractivity contribution in [1.82, 2.24) is 14.4 Å². The van der Waals surface area contributed by atoms with Crippen LogP contribution in [0.4, 0.5) is 5.82 Å². The second-order valence-corrected chi connectivity index (χ2v) is 7.51. The Labute approximate surface area is 176 Å². The second-order valence-electron chi connectivity index (χ2n) is 6.76. The van der Waals surface area contributed by atoms with Crippen LogP contribution in [0, 0.1) is 5.92 Å². The molecular formula is C20H21BrN4O4. The van der Waals surface area contributed by atoms with Crippen molar-refractivity contribution < 1.29 is 19.0 Å². The van der Waals surface area contributed by atoms with Gasteiger partial charge in [0, 0.05) is 36.5 Å². The Bertz CT molecular complexity index is 1070. The zero-order valence-corrected chi connectivity index (χ0v) is 17.9. The van der Waals surface area contributed by atoms with Crippen LogP contribution in [0.3, 0.4) is 0 Å². The number of hydrogen-bond donors (Lipinski definition) is 1.